The van der Waals surface area contributed by atoms with Crippen LogP contribution in [0, 0.1) is 6.92 Å². The van der Waals surface area contributed by atoms with E-state index in [2.05, 4.69) is 6.92 Å². The molecular formula is C15H19ClO2. The van der Waals surface area contributed by atoms with Crippen LogP contribution in [0.25, 0.3) is 0 Å². The van der Waals surface area contributed by atoms with Crippen molar-refractivity contribution in [2.75, 3.05) is 7.11 Å². The molecule has 0 aromatic heterocycles. The maximum absolute atomic E-state index is 10.5. The van der Waals surface area contributed by atoms with Gasteiger partial charge in [-0.25, -0.2) is 0 Å². The number of rotatable bonds is 2. The van der Waals surface area contributed by atoms with Crippen LogP contribution in [-0.4, -0.2) is 12.2 Å². The Morgan fingerprint density at radius 3 is 2.33 bits per heavy atom. The number of fused-ring (bicyclic) bond motifs is 1. The molecule has 0 aliphatic heterocycles. The molecule has 0 amide bonds. The fraction of sp³-hybridized carbons (Fsp3) is 0.600. The fourth-order valence-corrected chi connectivity index (χ4v) is 3.63. The van der Waals surface area contributed by atoms with Gasteiger partial charge in [0.15, 0.2) is 0 Å². The maximum atomic E-state index is 10.5. The van der Waals surface area contributed by atoms with E-state index in [-0.39, 0.29) is 0 Å². The van der Waals surface area contributed by atoms with Gasteiger partial charge in [-0.3, -0.25) is 0 Å². The normalized spacial score (nSPS) is 20.4. The Morgan fingerprint density at radius 1 is 1.17 bits per heavy atom. The summed E-state index contributed by atoms with van der Waals surface area (Å²) in [5, 5.41) is 11.2. The highest BCUT2D eigenvalue weighted by atomic mass is 35.5. The monoisotopic (exact) mass is 266 g/mol. The third kappa shape index (κ3) is 1.66. The lowest BCUT2D eigenvalue weighted by Gasteiger charge is -2.26. The Labute approximate surface area is 113 Å². The van der Waals surface area contributed by atoms with Gasteiger partial charge < -0.3 is 9.84 Å². The highest BCUT2D eigenvalue weighted by Crippen LogP contribution is 2.54. The summed E-state index contributed by atoms with van der Waals surface area (Å²) in [5.74, 6) is 0.704. The molecule has 3 rings (SSSR count). The second-order valence-corrected chi connectivity index (χ2v) is 5.92. The van der Waals surface area contributed by atoms with E-state index in [1.807, 2.05) is 0 Å². The van der Waals surface area contributed by atoms with Crippen molar-refractivity contribution in [3.63, 3.8) is 0 Å². The van der Waals surface area contributed by atoms with Gasteiger partial charge in [0.2, 0.25) is 0 Å². The van der Waals surface area contributed by atoms with Gasteiger partial charge in [0, 0.05) is 5.56 Å². The minimum absolute atomic E-state index is 0.689. The van der Waals surface area contributed by atoms with E-state index >= 15 is 0 Å². The maximum Gasteiger partial charge on any atom is 0.144 e. The van der Waals surface area contributed by atoms with Crippen LogP contribution in [0.2, 0.25) is 5.02 Å². The molecule has 1 N–H and O–H groups in total. The molecule has 2 aliphatic rings. The van der Waals surface area contributed by atoms with Crippen LogP contribution < -0.4 is 4.74 Å². The summed E-state index contributed by atoms with van der Waals surface area (Å²) in [7, 11) is 1.64. The zero-order valence-corrected chi connectivity index (χ0v) is 11.7. The first-order chi connectivity index (χ1) is 8.58. The van der Waals surface area contributed by atoms with Crippen LogP contribution in [0.1, 0.15) is 47.9 Å². The fourth-order valence-electron chi connectivity index (χ4n) is 3.25. The average molecular weight is 267 g/mol. The third-order valence-electron chi connectivity index (χ3n) is 4.38. The van der Waals surface area contributed by atoms with Crippen molar-refractivity contribution in [3.8, 4) is 5.75 Å². The molecule has 98 valence electrons. The molecule has 0 atom stereocenters. The van der Waals surface area contributed by atoms with Crippen LogP contribution in [-0.2, 0) is 18.4 Å². The van der Waals surface area contributed by atoms with Crippen molar-refractivity contribution < 1.29 is 9.84 Å². The van der Waals surface area contributed by atoms with Gasteiger partial charge in [0.1, 0.15) is 5.75 Å². The van der Waals surface area contributed by atoms with Gasteiger partial charge in [-0.1, -0.05) is 11.6 Å². The molecular weight excluding hydrogens is 248 g/mol. The molecule has 3 heteroatoms. The topological polar surface area (TPSA) is 29.5 Å². The Hall–Kier alpha value is -0.730. The quantitative estimate of drug-likeness (QED) is 0.888. The van der Waals surface area contributed by atoms with E-state index in [9.17, 15) is 5.11 Å². The summed E-state index contributed by atoms with van der Waals surface area (Å²) in [6.07, 6.45) is 6.16. The SMILES string of the molecule is COc1c(Cl)c2c(c(C)c1C1(O)CC1)CCCC2. The van der Waals surface area contributed by atoms with Gasteiger partial charge in [0.25, 0.3) is 0 Å². The summed E-state index contributed by atoms with van der Waals surface area (Å²) in [6.45, 7) is 2.11. The Balaban J connectivity index is 2.27. The molecule has 1 fully saturated rings. The van der Waals surface area contributed by atoms with Crippen LogP contribution in [0.5, 0.6) is 5.75 Å². The summed E-state index contributed by atoms with van der Waals surface area (Å²) in [6, 6.07) is 0. The first kappa shape index (κ1) is 12.3. The van der Waals surface area contributed by atoms with Gasteiger partial charge >= 0.3 is 0 Å². The lowest BCUT2D eigenvalue weighted by molar-refractivity contribution is 0.146. The minimum atomic E-state index is -0.689. The number of methoxy groups -OCH3 is 1. The van der Waals surface area contributed by atoms with E-state index in [0.29, 0.717) is 5.75 Å². The van der Waals surface area contributed by atoms with Crippen LogP contribution in [0.15, 0.2) is 0 Å². The summed E-state index contributed by atoms with van der Waals surface area (Å²) >= 11 is 6.50. The molecule has 18 heavy (non-hydrogen) atoms. The van der Waals surface area contributed by atoms with Crippen molar-refractivity contribution >= 4 is 11.6 Å². The van der Waals surface area contributed by atoms with E-state index in [1.165, 1.54) is 29.5 Å². The lowest BCUT2D eigenvalue weighted by Crippen LogP contribution is -2.15. The van der Waals surface area contributed by atoms with Crippen LogP contribution >= 0.6 is 11.6 Å². The van der Waals surface area contributed by atoms with Crippen molar-refractivity contribution in [1.29, 1.82) is 0 Å². The average Bonchev–Trinajstić information content (AvgIpc) is 3.12. The number of hydrogen-bond donors (Lipinski definition) is 1. The molecule has 0 bridgehead atoms. The van der Waals surface area contributed by atoms with Gasteiger partial charge in [-0.15, -0.1) is 0 Å². The Morgan fingerprint density at radius 2 is 1.78 bits per heavy atom. The molecule has 1 saturated carbocycles. The zero-order chi connectivity index (χ0) is 12.9. The molecule has 2 nitrogen and oxygen atoms in total. The van der Waals surface area contributed by atoms with Gasteiger partial charge in [0.05, 0.1) is 17.7 Å². The van der Waals surface area contributed by atoms with Crippen LogP contribution in [0.3, 0.4) is 0 Å². The van der Waals surface area contributed by atoms with E-state index < -0.39 is 5.60 Å². The number of hydrogen-bond acceptors (Lipinski definition) is 2. The highest BCUT2D eigenvalue weighted by Gasteiger charge is 2.46. The molecule has 0 heterocycles. The van der Waals surface area contributed by atoms with E-state index in [1.54, 1.807) is 7.11 Å². The van der Waals surface area contributed by atoms with Crippen molar-refractivity contribution in [3.05, 3.63) is 27.3 Å². The molecule has 0 spiro atoms. The molecule has 0 radical (unpaired) electrons. The van der Waals surface area contributed by atoms with Crippen molar-refractivity contribution in [2.24, 2.45) is 0 Å². The predicted molar refractivity (Wildman–Crippen MR) is 72.5 cm³/mol. The van der Waals surface area contributed by atoms with Crippen LogP contribution in [0.4, 0.5) is 0 Å². The van der Waals surface area contributed by atoms with Gasteiger partial charge in [-0.2, -0.15) is 0 Å². The number of benzene rings is 1. The number of ether oxygens (including phenoxy) is 1. The largest absolute Gasteiger partial charge is 0.495 e. The first-order valence-corrected chi connectivity index (χ1v) is 7.07. The third-order valence-corrected chi connectivity index (χ3v) is 4.78. The summed E-state index contributed by atoms with van der Waals surface area (Å²) in [4.78, 5) is 0. The standard InChI is InChI=1S/C15H19ClO2/c1-9-10-5-3-4-6-11(10)13(16)14(18-2)12(9)15(17)7-8-15/h17H,3-8H2,1-2H3. The molecule has 2 aliphatic carbocycles. The van der Waals surface area contributed by atoms with Crippen molar-refractivity contribution in [2.45, 2.75) is 51.0 Å². The first-order valence-electron chi connectivity index (χ1n) is 6.69. The molecule has 1 aromatic rings. The lowest BCUT2D eigenvalue weighted by atomic mass is 9.84. The summed E-state index contributed by atoms with van der Waals surface area (Å²) in [5.41, 5.74) is 4.04. The Bertz CT molecular complexity index is 504. The second-order valence-electron chi connectivity index (χ2n) is 5.54. The van der Waals surface area contributed by atoms with E-state index in [0.717, 1.165) is 36.3 Å². The molecule has 0 unspecified atom stereocenters. The number of halogens is 1. The predicted octanol–water partition coefficient (Wildman–Crippen LogP) is 3.52. The highest BCUT2D eigenvalue weighted by molar-refractivity contribution is 6.33. The van der Waals surface area contributed by atoms with Gasteiger partial charge in [-0.05, 0) is 62.1 Å². The minimum Gasteiger partial charge on any atom is -0.495 e. The van der Waals surface area contributed by atoms with Crippen molar-refractivity contribution in [1.82, 2.24) is 0 Å². The summed E-state index contributed by atoms with van der Waals surface area (Å²) < 4.78 is 5.50. The second kappa shape index (κ2) is 4.14. The smallest absolute Gasteiger partial charge is 0.144 e. The Kier molecular flexibility index (Phi) is 2.83. The molecule has 1 aromatic carbocycles. The molecule has 0 saturated heterocycles. The zero-order valence-electron chi connectivity index (χ0n) is 11.0. The number of aliphatic hydroxyl groups is 1. The van der Waals surface area contributed by atoms with E-state index in [4.69, 9.17) is 16.3 Å².